The van der Waals surface area contributed by atoms with E-state index in [-0.39, 0.29) is 5.91 Å². The first-order valence-electron chi connectivity index (χ1n) is 6.90. The summed E-state index contributed by atoms with van der Waals surface area (Å²) in [7, 11) is 0. The second-order valence-electron chi connectivity index (χ2n) is 4.83. The van der Waals surface area contributed by atoms with Gasteiger partial charge in [-0.25, -0.2) is 0 Å². The third kappa shape index (κ3) is 3.35. The summed E-state index contributed by atoms with van der Waals surface area (Å²) >= 11 is 0. The molecule has 22 heavy (non-hydrogen) atoms. The molecule has 0 unspecified atom stereocenters. The van der Waals surface area contributed by atoms with Crippen LogP contribution >= 0.6 is 0 Å². The fourth-order valence-corrected chi connectivity index (χ4v) is 2.04. The highest BCUT2D eigenvalue weighted by Crippen LogP contribution is 2.23. The summed E-state index contributed by atoms with van der Waals surface area (Å²) in [4.78, 5) is 11.8. The maximum Gasteiger partial charge on any atom is 0.248 e. The Bertz CT molecular complexity index is 780. The largest absolute Gasteiger partial charge is 0.465 e. The summed E-state index contributed by atoms with van der Waals surface area (Å²) in [5, 5.41) is 2.79. The number of hydrogen-bond acceptors (Lipinski definition) is 3. The number of rotatable bonds is 4. The first-order valence-corrected chi connectivity index (χ1v) is 6.90. The number of carbonyl (C=O) groups excluding carboxylic acids is 1. The quantitative estimate of drug-likeness (QED) is 0.720. The molecule has 0 atom stereocenters. The van der Waals surface area contributed by atoms with Crippen molar-refractivity contribution in [1.29, 1.82) is 0 Å². The summed E-state index contributed by atoms with van der Waals surface area (Å²) in [5.74, 6) is 2.11. The van der Waals surface area contributed by atoms with Gasteiger partial charge >= 0.3 is 0 Å². The minimum Gasteiger partial charge on any atom is -0.465 e. The molecule has 2 heterocycles. The lowest BCUT2D eigenvalue weighted by Gasteiger charge is -2.03. The Labute approximate surface area is 128 Å². The van der Waals surface area contributed by atoms with Gasteiger partial charge in [0.2, 0.25) is 5.91 Å². The number of hydrogen-bond donors (Lipinski definition) is 1. The number of benzene rings is 1. The standard InChI is InChI=1S/C18H15NO3/c1-13-4-10-17(22-13)14-5-7-15(8-6-14)19-18(20)11-9-16-3-2-12-21-16/h2-12H,1H3,(H,19,20)/b11-9+. The minimum absolute atomic E-state index is 0.210. The minimum atomic E-state index is -0.210. The van der Waals surface area contributed by atoms with E-state index in [1.807, 2.05) is 43.3 Å². The average molecular weight is 293 g/mol. The van der Waals surface area contributed by atoms with E-state index in [2.05, 4.69) is 5.32 Å². The molecule has 1 aromatic carbocycles. The van der Waals surface area contributed by atoms with Crippen molar-refractivity contribution < 1.29 is 13.6 Å². The maximum atomic E-state index is 11.8. The average Bonchev–Trinajstić information content (AvgIpc) is 3.17. The zero-order valence-corrected chi connectivity index (χ0v) is 12.1. The van der Waals surface area contributed by atoms with E-state index in [0.29, 0.717) is 5.76 Å². The Morgan fingerprint density at radius 2 is 1.91 bits per heavy atom. The van der Waals surface area contributed by atoms with Gasteiger partial charge in [0.05, 0.1) is 6.26 Å². The molecular formula is C18H15NO3. The van der Waals surface area contributed by atoms with Gasteiger partial charge in [0.15, 0.2) is 0 Å². The van der Waals surface area contributed by atoms with Crippen LogP contribution in [0.1, 0.15) is 11.5 Å². The number of anilines is 1. The molecule has 1 N–H and O–H groups in total. The molecule has 0 saturated carbocycles. The van der Waals surface area contributed by atoms with Crippen molar-refractivity contribution in [3.05, 3.63) is 72.4 Å². The molecule has 0 aliphatic heterocycles. The van der Waals surface area contributed by atoms with Gasteiger partial charge in [0, 0.05) is 17.3 Å². The van der Waals surface area contributed by atoms with Crippen LogP contribution in [0.3, 0.4) is 0 Å². The monoisotopic (exact) mass is 293 g/mol. The fourth-order valence-electron chi connectivity index (χ4n) is 2.04. The molecule has 0 bridgehead atoms. The zero-order chi connectivity index (χ0) is 15.4. The maximum absolute atomic E-state index is 11.8. The van der Waals surface area contributed by atoms with Gasteiger partial charge in [-0.15, -0.1) is 0 Å². The highest BCUT2D eigenvalue weighted by molar-refractivity contribution is 6.01. The lowest BCUT2D eigenvalue weighted by Crippen LogP contribution is -2.07. The molecule has 3 aromatic rings. The summed E-state index contributed by atoms with van der Waals surface area (Å²) in [5.41, 5.74) is 1.69. The zero-order valence-electron chi connectivity index (χ0n) is 12.1. The van der Waals surface area contributed by atoms with Crippen molar-refractivity contribution in [3.8, 4) is 11.3 Å². The summed E-state index contributed by atoms with van der Waals surface area (Å²) < 4.78 is 10.7. The Morgan fingerprint density at radius 1 is 1.09 bits per heavy atom. The third-order valence-corrected chi connectivity index (χ3v) is 3.12. The summed E-state index contributed by atoms with van der Waals surface area (Å²) in [6.07, 6.45) is 4.62. The van der Waals surface area contributed by atoms with Gasteiger partial charge in [-0.3, -0.25) is 4.79 Å². The Morgan fingerprint density at radius 3 is 2.55 bits per heavy atom. The van der Waals surface area contributed by atoms with Gasteiger partial charge in [0.25, 0.3) is 0 Å². The molecule has 4 nitrogen and oxygen atoms in total. The van der Waals surface area contributed by atoms with E-state index in [1.165, 1.54) is 6.08 Å². The van der Waals surface area contributed by atoms with Crippen molar-refractivity contribution in [3.63, 3.8) is 0 Å². The predicted octanol–water partition coefficient (Wildman–Crippen LogP) is 4.50. The van der Waals surface area contributed by atoms with E-state index in [9.17, 15) is 4.79 Å². The lowest BCUT2D eigenvalue weighted by atomic mass is 10.1. The summed E-state index contributed by atoms with van der Waals surface area (Å²) in [6, 6.07) is 14.9. The van der Waals surface area contributed by atoms with Crippen LogP contribution in [0, 0.1) is 6.92 Å². The molecule has 1 amide bonds. The molecule has 0 aliphatic rings. The van der Waals surface area contributed by atoms with Crippen LogP contribution in [-0.2, 0) is 4.79 Å². The van der Waals surface area contributed by atoms with E-state index >= 15 is 0 Å². The summed E-state index contributed by atoms with van der Waals surface area (Å²) in [6.45, 7) is 1.91. The van der Waals surface area contributed by atoms with Crippen LogP contribution in [0.25, 0.3) is 17.4 Å². The van der Waals surface area contributed by atoms with Crippen molar-refractivity contribution >= 4 is 17.7 Å². The highest BCUT2D eigenvalue weighted by atomic mass is 16.3. The first kappa shape index (κ1) is 13.9. The fraction of sp³-hybridized carbons (Fsp3) is 0.0556. The van der Waals surface area contributed by atoms with Crippen LogP contribution in [0.2, 0.25) is 0 Å². The van der Waals surface area contributed by atoms with E-state index in [4.69, 9.17) is 8.83 Å². The normalized spacial score (nSPS) is 11.0. The Kier molecular flexibility index (Phi) is 3.92. The number of carbonyl (C=O) groups is 1. The predicted molar refractivity (Wildman–Crippen MR) is 85.3 cm³/mol. The van der Waals surface area contributed by atoms with Crippen LogP contribution in [0.15, 0.2) is 69.7 Å². The SMILES string of the molecule is Cc1ccc(-c2ccc(NC(=O)/C=C/c3ccco3)cc2)o1. The van der Waals surface area contributed by atoms with Gasteiger partial charge in [0.1, 0.15) is 17.3 Å². The number of amides is 1. The van der Waals surface area contributed by atoms with Gasteiger partial charge in [-0.05, 0) is 61.5 Å². The topological polar surface area (TPSA) is 55.4 Å². The van der Waals surface area contributed by atoms with Crippen molar-refractivity contribution in [2.24, 2.45) is 0 Å². The van der Waals surface area contributed by atoms with E-state index in [0.717, 1.165) is 22.8 Å². The molecule has 0 saturated heterocycles. The molecule has 4 heteroatoms. The number of furan rings is 2. The van der Waals surface area contributed by atoms with Crippen molar-refractivity contribution in [2.75, 3.05) is 5.32 Å². The molecule has 2 aromatic heterocycles. The molecular weight excluding hydrogens is 278 g/mol. The van der Waals surface area contributed by atoms with E-state index in [1.54, 1.807) is 24.5 Å². The second kappa shape index (κ2) is 6.18. The van der Waals surface area contributed by atoms with Crippen molar-refractivity contribution in [1.82, 2.24) is 0 Å². The third-order valence-electron chi connectivity index (χ3n) is 3.12. The molecule has 0 radical (unpaired) electrons. The highest BCUT2D eigenvalue weighted by Gasteiger charge is 2.03. The van der Waals surface area contributed by atoms with Crippen LogP contribution in [0.5, 0.6) is 0 Å². The first-order chi connectivity index (χ1) is 10.7. The van der Waals surface area contributed by atoms with Crippen LogP contribution in [0.4, 0.5) is 5.69 Å². The number of nitrogens with one attached hydrogen (secondary N) is 1. The smallest absolute Gasteiger partial charge is 0.248 e. The van der Waals surface area contributed by atoms with E-state index < -0.39 is 0 Å². The number of aryl methyl sites for hydroxylation is 1. The molecule has 3 rings (SSSR count). The van der Waals surface area contributed by atoms with Gasteiger partial charge in [-0.2, -0.15) is 0 Å². The second-order valence-corrected chi connectivity index (χ2v) is 4.83. The van der Waals surface area contributed by atoms with Gasteiger partial charge in [-0.1, -0.05) is 0 Å². The van der Waals surface area contributed by atoms with Gasteiger partial charge < -0.3 is 14.2 Å². The van der Waals surface area contributed by atoms with Crippen molar-refractivity contribution in [2.45, 2.75) is 6.92 Å². The van der Waals surface area contributed by atoms with Crippen LogP contribution < -0.4 is 5.32 Å². The molecule has 0 aliphatic carbocycles. The lowest BCUT2D eigenvalue weighted by molar-refractivity contribution is -0.111. The molecule has 110 valence electrons. The molecule has 0 spiro atoms. The Hall–Kier alpha value is -3.01. The van der Waals surface area contributed by atoms with Crippen LogP contribution in [-0.4, -0.2) is 5.91 Å². The Balaban J connectivity index is 1.64. The molecule has 0 fully saturated rings.